The number of amidine groups is 1. The zero-order chi connectivity index (χ0) is 12.4. The first-order valence-electron chi connectivity index (χ1n) is 5.78. The van der Waals surface area contributed by atoms with Crippen LogP contribution in [0.25, 0.3) is 0 Å². The second-order valence-corrected chi connectivity index (χ2v) is 4.72. The Morgan fingerprint density at radius 1 is 1.65 bits per heavy atom. The van der Waals surface area contributed by atoms with Crippen LogP contribution in [0.15, 0.2) is 23.4 Å². The van der Waals surface area contributed by atoms with Gasteiger partial charge < -0.3 is 15.8 Å². The van der Waals surface area contributed by atoms with Crippen LogP contribution in [0.2, 0.25) is 0 Å². The highest BCUT2D eigenvalue weighted by Gasteiger charge is 2.33. The molecule has 0 saturated heterocycles. The number of hydrogen-bond acceptors (Lipinski definition) is 4. The molecule has 17 heavy (non-hydrogen) atoms. The maximum absolute atomic E-state index is 8.62. The number of hydrogen-bond donors (Lipinski definition) is 2. The van der Waals surface area contributed by atoms with E-state index >= 15 is 0 Å². The predicted molar refractivity (Wildman–Crippen MR) is 67.3 cm³/mol. The van der Waals surface area contributed by atoms with Gasteiger partial charge in [0, 0.05) is 13.6 Å². The molecule has 5 nitrogen and oxygen atoms in total. The van der Waals surface area contributed by atoms with Crippen LogP contribution in [0.1, 0.15) is 19.0 Å². The van der Waals surface area contributed by atoms with E-state index in [4.69, 9.17) is 10.9 Å². The zero-order valence-electron chi connectivity index (χ0n) is 10.2. The lowest BCUT2D eigenvalue weighted by molar-refractivity contribution is 0.318. The number of aromatic nitrogens is 1. The van der Waals surface area contributed by atoms with Gasteiger partial charge in [-0.05, 0) is 30.4 Å². The zero-order valence-corrected chi connectivity index (χ0v) is 10.2. The summed E-state index contributed by atoms with van der Waals surface area (Å²) < 4.78 is 0. The monoisotopic (exact) mass is 234 g/mol. The molecule has 1 aliphatic rings. The molecule has 0 aliphatic heterocycles. The molecule has 0 radical (unpaired) electrons. The Bertz CT molecular complexity index is 432. The summed E-state index contributed by atoms with van der Waals surface area (Å²) in [6.07, 6.45) is 1.30. The highest BCUT2D eigenvalue weighted by molar-refractivity contribution is 5.95. The van der Waals surface area contributed by atoms with E-state index in [2.05, 4.69) is 22.0 Å². The van der Waals surface area contributed by atoms with E-state index in [0.29, 0.717) is 5.69 Å². The lowest BCUT2D eigenvalue weighted by Gasteiger charge is -2.18. The molecule has 3 N–H and O–H groups in total. The minimum atomic E-state index is 0.0417. The van der Waals surface area contributed by atoms with Gasteiger partial charge >= 0.3 is 0 Å². The third kappa shape index (κ3) is 2.67. The summed E-state index contributed by atoms with van der Waals surface area (Å²) in [6.45, 7) is 3.27. The normalized spacial score (nSPS) is 23.5. The van der Waals surface area contributed by atoms with Crippen molar-refractivity contribution in [2.45, 2.75) is 13.3 Å². The van der Waals surface area contributed by atoms with Crippen molar-refractivity contribution < 1.29 is 5.21 Å². The summed E-state index contributed by atoms with van der Waals surface area (Å²) in [6, 6.07) is 5.52. The van der Waals surface area contributed by atoms with Gasteiger partial charge in [0.25, 0.3) is 0 Å². The standard InChI is InChI=1S/C12H18N4O/c1-8-6-9(8)7-16(2)11-5-3-4-10(14-11)12(13)15-17/h3-5,8-9,17H,6-7H2,1-2H3,(H2,13,15). The van der Waals surface area contributed by atoms with Gasteiger partial charge in [-0.1, -0.05) is 18.1 Å². The van der Waals surface area contributed by atoms with Crippen molar-refractivity contribution >= 4 is 11.7 Å². The molecular formula is C12H18N4O. The molecule has 1 aromatic rings. The van der Waals surface area contributed by atoms with Gasteiger partial charge in [0.05, 0.1) is 0 Å². The van der Waals surface area contributed by atoms with Gasteiger partial charge in [-0.2, -0.15) is 0 Å². The van der Waals surface area contributed by atoms with Gasteiger partial charge in [-0.25, -0.2) is 4.98 Å². The van der Waals surface area contributed by atoms with Gasteiger partial charge in [0.15, 0.2) is 5.84 Å². The van der Waals surface area contributed by atoms with Crippen molar-refractivity contribution in [2.24, 2.45) is 22.7 Å². The van der Waals surface area contributed by atoms with E-state index in [1.807, 2.05) is 19.2 Å². The third-order valence-corrected chi connectivity index (χ3v) is 3.28. The van der Waals surface area contributed by atoms with Crippen LogP contribution in [0.3, 0.4) is 0 Å². The summed E-state index contributed by atoms with van der Waals surface area (Å²) in [5, 5.41) is 11.6. The molecule has 2 rings (SSSR count). The summed E-state index contributed by atoms with van der Waals surface area (Å²) >= 11 is 0. The summed E-state index contributed by atoms with van der Waals surface area (Å²) in [5.41, 5.74) is 6.02. The maximum Gasteiger partial charge on any atom is 0.188 e. The van der Waals surface area contributed by atoms with Crippen LogP contribution < -0.4 is 10.6 Å². The Labute approximate surface area is 101 Å². The highest BCUT2D eigenvalue weighted by atomic mass is 16.4. The largest absolute Gasteiger partial charge is 0.409 e. The first-order valence-corrected chi connectivity index (χ1v) is 5.78. The van der Waals surface area contributed by atoms with E-state index in [9.17, 15) is 0 Å². The van der Waals surface area contributed by atoms with Gasteiger partial charge in [0.2, 0.25) is 0 Å². The van der Waals surface area contributed by atoms with E-state index in [1.165, 1.54) is 6.42 Å². The molecule has 2 unspecified atom stereocenters. The maximum atomic E-state index is 8.62. The second kappa shape index (κ2) is 4.61. The molecule has 1 aliphatic carbocycles. The average molecular weight is 234 g/mol. The van der Waals surface area contributed by atoms with Crippen molar-refractivity contribution in [3.63, 3.8) is 0 Å². The van der Waals surface area contributed by atoms with Gasteiger partial charge in [-0.15, -0.1) is 0 Å². The summed E-state index contributed by atoms with van der Waals surface area (Å²) in [4.78, 5) is 6.47. The van der Waals surface area contributed by atoms with E-state index in [1.54, 1.807) is 6.07 Å². The van der Waals surface area contributed by atoms with Crippen molar-refractivity contribution in [1.29, 1.82) is 0 Å². The third-order valence-electron chi connectivity index (χ3n) is 3.28. The van der Waals surface area contributed by atoms with Crippen molar-refractivity contribution in [3.05, 3.63) is 23.9 Å². The first-order chi connectivity index (χ1) is 8.11. The smallest absolute Gasteiger partial charge is 0.188 e. The number of pyridine rings is 1. The number of oxime groups is 1. The molecule has 0 bridgehead atoms. The van der Waals surface area contributed by atoms with E-state index in [-0.39, 0.29) is 5.84 Å². The van der Waals surface area contributed by atoms with Crippen molar-refractivity contribution in [3.8, 4) is 0 Å². The van der Waals surface area contributed by atoms with Gasteiger partial charge in [-0.3, -0.25) is 0 Å². The topological polar surface area (TPSA) is 74.7 Å². The lowest BCUT2D eigenvalue weighted by Crippen LogP contribution is -2.23. The molecule has 0 aromatic carbocycles. The molecule has 5 heteroatoms. The van der Waals surface area contributed by atoms with Crippen LogP contribution in [0.5, 0.6) is 0 Å². The predicted octanol–water partition coefficient (Wildman–Crippen LogP) is 1.27. The molecule has 1 fully saturated rings. The fourth-order valence-corrected chi connectivity index (χ4v) is 1.93. The number of nitrogens with two attached hydrogens (primary N) is 1. The first kappa shape index (κ1) is 11.7. The second-order valence-electron chi connectivity index (χ2n) is 4.72. The van der Waals surface area contributed by atoms with Crippen LogP contribution in [0.4, 0.5) is 5.82 Å². The Hall–Kier alpha value is -1.78. The molecule has 2 atom stereocenters. The Balaban J connectivity index is 2.09. The molecule has 92 valence electrons. The van der Waals surface area contributed by atoms with Crippen molar-refractivity contribution in [1.82, 2.24) is 4.98 Å². The SMILES string of the molecule is CC1CC1CN(C)c1cccc(C(N)=NO)n1. The fourth-order valence-electron chi connectivity index (χ4n) is 1.93. The van der Waals surface area contributed by atoms with E-state index in [0.717, 1.165) is 24.2 Å². The highest BCUT2D eigenvalue weighted by Crippen LogP contribution is 2.38. The molecule has 1 heterocycles. The summed E-state index contributed by atoms with van der Waals surface area (Å²) in [5.74, 6) is 2.49. The lowest BCUT2D eigenvalue weighted by atomic mass is 10.3. The molecule has 0 spiro atoms. The minimum Gasteiger partial charge on any atom is -0.409 e. The van der Waals surface area contributed by atoms with E-state index < -0.39 is 0 Å². The molecule has 0 amide bonds. The van der Waals surface area contributed by atoms with Crippen LogP contribution in [-0.4, -0.2) is 29.6 Å². The molecule has 1 aromatic heterocycles. The molecular weight excluding hydrogens is 216 g/mol. The number of rotatable bonds is 4. The Morgan fingerprint density at radius 2 is 2.35 bits per heavy atom. The summed E-state index contributed by atoms with van der Waals surface area (Å²) in [7, 11) is 2.02. The minimum absolute atomic E-state index is 0.0417. The quantitative estimate of drug-likeness (QED) is 0.356. The van der Waals surface area contributed by atoms with Crippen LogP contribution in [0, 0.1) is 11.8 Å². The number of nitrogens with zero attached hydrogens (tertiary/aromatic N) is 3. The average Bonchev–Trinajstić information content (AvgIpc) is 3.04. The van der Waals surface area contributed by atoms with Gasteiger partial charge in [0.1, 0.15) is 11.5 Å². The van der Waals surface area contributed by atoms with Crippen molar-refractivity contribution in [2.75, 3.05) is 18.5 Å². The molecule has 1 saturated carbocycles. The van der Waals surface area contributed by atoms with Crippen LogP contribution >= 0.6 is 0 Å². The van der Waals surface area contributed by atoms with Crippen LogP contribution in [-0.2, 0) is 0 Å². The fraction of sp³-hybridized carbons (Fsp3) is 0.500. The Morgan fingerprint density at radius 3 is 2.94 bits per heavy atom. The number of anilines is 1. The Kier molecular flexibility index (Phi) is 3.17.